The number of benzene rings is 1. The van der Waals surface area contributed by atoms with Crippen molar-refractivity contribution < 1.29 is 5.11 Å². The maximum atomic E-state index is 10.1. The molecule has 0 unspecified atom stereocenters. The molecule has 0 aliphatic heterocycles. The third-order valence-electron chi connectivity index (χ3n) is 3.67. The SMILES string of the molecule is CNCc1c(O)ccc2nc(C(C)C)c(C(C)C)cc12. The smallest absolute Gasteiger partial charge is 0.120 e. The molecule has 108 valence electrons. The molecule has 1 aromatic carbocycles. The summed E-state index contributed by atoms with van der Waals surface area (Å²) in [5, 5.41) is 14.2. The Morgan fingerprint density at radius 2 is 1.85 bits per heavy atom. The van der Waals surface area contributed by atoms with E-state index in [0.717, 1.165) is 22.2 Å². The van der Waals surface area contributed by atoms with E-state index in [-0.39, 0.29) is 0 Å². The molecule has 0 amide bonds. The zero-order valence-electron chi connectivity index (χ0n) is 13.0. The predicted octanol–water partition coefficient (Wildman–Crippen LogP) is 3.91. The van der Waals surface area contributed by atoms with Gasteiger partial charge in [0.05, 0.1) is 5.52 Å². The number of nitrogens with one attached hydrogen (secondary N) is 1. The first-order valence-corrected chi connectivity index (χ1v) is 7.25. The normalized spacial score (nSPS) is 11.8. The molecule has 0 radical (unpaired) electrons. The molecule has 1 heterocycles. The van der Waals surface area contributed by atoms with Gasteiger partial charge in [0, 0.05) is 23.2 Å². The van der Waals surface area contributed by atoms with E-state index in [1.54, 1.807) is 6.07 Å². The standard InChI is InChI=1S/C17H24N2O/c1-10(2)12-8-13-14(9-18-5)16(20)7-6-15(13)19-17(12)11(3)4/h6-8,10-11,18,20H,9H2,1-5H3. The zero-order chi connectivity index (χ0) is 14.9. The van der Waals surface area contributed by atoms with Crippen molar-refractivity contribution in [3.05, 3.63) is 35.0 Å². The molecule has 0 atom stereocenters. The second-order valence-corrected chi connectivity index (χ2v) is 5.93. The number of phenolic OH excluding ortho intramolecular Hbond substituents is 1. The summed E-state index contributed by atoms with van der Waals surface area (Å²) in [6, 6.07) is 5.84. The topological polar surface area (TPSA) is 45.1 Å². The molecule has 0 bridgehead atoms. The number of hydrogen-bond acceptors (Lipinski definition) is 3. The minimum Gasteiger partial charge on any atom is -0.508 e. The molecule has 2 rings (SSSR count). The van der Waals surface area contributed by atoms with E-state index in [4.69, 9.17) is 4.98 Å². The molecule has 1 aromatic heterocycles. The Kier molecular flexibility index (Phi) is 4.29. The second-order valence-electron chi connectivity index (χ2n) is 5.93. The van der Waals surface area contributed by atoms with E-state index >= 15 is 0 Å². The van der Waals surface area contributed by atoms with Crippen molar-refractivity contribution >= 4 is 10.9 Å². The van der Waals surface area contributed by atoms with Crippen molar-refractivity contribution in [3.63, 3.8) is 0 Å². The number of pyridine rings is 1. The van der Waals surface area contributed by atoms with Crippen molar-refractivity contribution in [1.82, 2.24) is 10.3 Å². The van der Waals surface area contributed by atoms with Crippen LogP contribution in [0.15, 0.2) is 18.2 Å². The number of aromatic hydroxyl groups is 1. The van der Waals surface area contributed by atoms with Crippen molar-refractivity contribution in [2.75, 3.05) is 7.05 Å². The number of aromatic nitrogens is 1. The van der Waals surface area contributed by atoms with Gasteiger partial charge in [-0.1, -0.05) is 27.7 Å². The quantitative estimate of drug-likeness (QED) is 0.887. The Hall–Kier alpha value is -1.61. The first-order valence-electron chi connectivity index (χ1n) is 7.25. The van der Waals surface area contributed by atoms with E-state index in [1.807, 2.05) is 13.1 Å². The first kappa shape index (κ1) is 14.8. The van der Waals surface area contributed by atoms with Crippen LogP contribution in [0.25, 0.3) is 10.9 Å². The molecule has 2 aromatic rings. The molecule has 3 heteroatoms. The average Bonchev–Trinajstić information content (AvgIpc) is 2.40. The number of phenols is 1. The summed E-state index contributed by atoms with van der Waals surface area (Å²) in [5.74, 6) is 1.16. The van der Waals surface area contributed by atoms with Gasteiger partial charge in [0.15, 0.2) is 0 Å². The van der Waals surface area contributed by atoms with Crippen LogP contribution in [0.4, 0.5) is 0 Å². The lowest BCUT2D eigenvalue weighted by Gasteiger charge is -2.18. The van der Waals surface area contributed by atoms with Crippen LogP contribution in [0, 0.1) is 0 Å². The van der Waals surface area contributed by atoms with Gasteiger partial charge in [-0.05, 0) is 42.6 Å². The molecule has 0 spiro atoms. The van der Waals surface area contributed by atoms with Crippen LogP contribution in [0.5, 0.6) is 5.75 Å². The summed E-state index contributed by atoms with van der Waals surface area (Å²) in [6.07, 6.45) is 0. The van der Waals surface area contributed by atoms with E-state index in [1.165, 1.54) is 5.56 Å². The maximum Gasteiger partial charge on any atom is 0.120 e. The van der Waals surface area contributed by atoms with E-state index in [0.29, 0.717) is 24.1 Å². The van der Waals surface area contributed by atoms with Gasteiger partial charge in [-0.3, -0.25) is 4.98 Å². The van der Waals surface area contributed by atoms with Gasteiger partial charge in [0.2, 0.25) is 0 Å². The number of nitrogens with zero attached hydrogens (tertiary/aromatic N) is 1. The van der Waals surface area contributed by atoms with Crippen molar-refractivity contribution in [2.24, 2.45) is 0 Å². The monoisotopic (exact) mass is 272 g/mol. The average molecular weight is 272 g/mol. The molecule has 2 N–H and O–H groups in total. The molecule has 20 heavy (non-hydrogen) atoms. The summed E-state index contributed by atoms with van der Waals surface area (Å²) >= 11 is 0. The van der Waals surface area contributed by atoms with Crippen LogP contribution in [-0.2, 0) is 6.54 Å². The van der Waals surface area contributed by atoms with E-state index in [2.05, 4.69) is 39.1 Å². The zero-order valence-corrected chi connectivity index (χ0v) is 13.0. The van der Waals surface area contributed by atoms with E-state index in [9.17, 15) is 5.11 Å². The van der Waals surface area contributed by atoms with Crippen molar-refractivity contribution in [2.45, 2.75) is 46.1 Å². The summed E-state index contributed by atoms with van der Waals surface area (Å²) in [4.78, 5) is 4.84. The van der Waals surface area contributed by atoms with Crippen LogP contribution in [0.1, 0.15) is 56.4 Å². The number of hydrogen-bond donors (Lipinski definition) is 2. The van der Waals surface area contributed by atoms with Crippen LogP contribution in [-0.4, -0.2) is 17.1 Å². The molecular weight excluding hydrogens is 248 g/mol. The molecular formula is C17H24N2O. The Morgan fingerprint density at radius 1 is 1.15 bits per heavy atom. The van der Waals surface area contributed by atoms with Crippen LogP contribution in [0.3, 0.4) is 0 Å². The Labute approximate surface area is 121 Å². The van der Waals surface area contributed by atoms with Crippen molar-refractivity contribution in [1.29, 1.82) is 0 Å². The summed E-state index contributed by atoms with van der Waals surface area (Å²) in [7, 11) is 1.89. The predicted molar refractivity (Wildman–Crippen MR) is 84.3 cm³/mol. The van der Waals surface area contributed by atoms with E-state index < -0.39 is 0 Å². The summed E-state index contributed by atoms with van der Waals surface area (Å²) < 4.78 is 0. The van der Waals surface area contributed by atoms with Gasteiger partial charge in [-0.15, -0.1) is 0 Å². The minimum atomic E-state index is 0.334. The largest absolute Gasteiger partial charge is 0.508 e. The number of fused-ring (bicyclic) bond motifs is 1. The number of rotatable bonds is 4. The fourth-order valence-electron chi connectivity index (χ4n) is 2.61. The summed E-state index contributed by atoms with van der Waals surface area (Å²) in [6.45, 7) is 9.37. The highest BCUT2D eigenvalue weighted by atomic mass is 16.3. The fraction of sp³-hybridized carbons (Fsp3) is 0.471. The lowest BCUT2D eigenvalue weighted by atomic mass is 9.92. The Morgan fingerprint density at radius 3 is 2.40 bits per heavy atom. The molecule has 0 saturated carbocycles. The fourth-order valence-corrected chi connectivity index (χ4v) is 2.61. The third-order valence-corrected chi connectivity index (χ3v) is 3.67. The van der Waals surface area contributed by atoms with Gasteiger partial charge in [-0.2, -0.15) is 0 Å². The van der Waals surface area contributed by atoms with Gasteiger partial charge in [0.25, 0.3) is 0 Å². The minimum absolute atomic E-state index is 0.334. The van der Waals surface area contributed by atoms with Gasteiger partial charge < -0.3 is 10.4 Å². The Bertz CT molecular complexity index is 618. The highest BCUT2D eigenvalue weighted by molar-refractivity contribution is 5.85. The molecule has 0 aliphatic carbocycles. The van der Waals surface area contributed by atoms with Crippen LogP contribution in [0.2, 0.25) is 0 Å². The highest BCUT2D eigenvalue weighted by Gasteiger charge is 2.16. The van der Waals surface area contributed by atoms with Gasteiger partial charge in [0.1, 0.15) is 5.75 Å². The Balaban J connectivity index is 2.77. The van der Waals surface area contributed by atoms with Crippen LogP contribution < -0.4 is 5.32 Å². The highest BCUT2D eigenvalue weighted by Crippen LogP contribution is 2.32. The molecule has 0 aliphatic rings. The third kappa shape index (κ3) is 2.63. The molecule has 3 nitrogen and oxygen atoms in total. The molecule has 0 fully saturated rings. The summed E-state index contributed by atoms with van der Waals surface area (Å²) in [5.41, 5.74) is 4.32. The van der Waals surface area contributed by atoms with Crippen LogP contribution >= 0.6 is 0 Å². The first-order chi connectivity index (χ1) is 9.45. The lowest BCUT2D eigenvalue weighted by Crippen LogP contribution is -2.08. The molecule has 0 saturated heterocycles. The maximum absolute atomic E-state index is 10.1. The van der Waals surface area contributed by atoms with Gasteiger partial charge >= 0.3 is 0 Å². The lowest BCUT2D eigenvalue weighted by molar-refractivity contribution is 0.467. The second kappa shape index (κ2) is 5.80. The van der Waals surface area contributed by atoms with Crippen molar-refractivity contribution in [3.8, 4) is 5.75 Å². The van der Waals surface area contributed by atoms with Gasteiger partial charge in [-0.25, -0.2) is 0 Å².